The molecule has 104 valence electrons. The lowest BCUT2D eigenvalue weighted by atomic mass is 9.74. The zero-order chi connectivity index (χ0) is 14.1. The second kappa shape index (κ2) is 5.83. The van der Waals surface area contributed by atoms with Gasteiger partial charge in [-0.2, -0.15) is 0 Å². The van der Waals surface area contributed by atoms with Crippen molar-refractivity contribution in [2.45, 2.75) is 64.8 Å². The molecule has 1 amide bonds. The second-order valence-corrected chi connectivity index (χ2v) is 7.01. The number of amides is 1. The van der Waals surface area contributed by atoms with Crippen molar-refractivity contribution in [2.24, 2.45) is 5.41 Å². The summed E-state index contributed by atoms with van der Waals surface area (Å²) >= 11 is 11.5. The molecule has 1 rings (SSSR count). The fourth-order valence-corrected chi connectivity index (χ4v) is 2.78. The third-order valence-electron chi connectivity index (χ3n) is 3.89. The van der Waals surface area contributed by atoms with Crippen LogP contribution in [0.1, 0.15) is 53.9 Å². The molecule has 0 bridgehead atoms. The van der Waals surface area contributed by atoms with Crippen molar-refractivity contribution in [3.05, 3.63) is 11.3 Å². The number of alkyl halides is 2. The molecule has 0 unspecified atom stereocenters. The van der Waals surface area contributed by atoms with Gasteiger partial charge in [-0.1, -0.05) is 37.0 Å². The van der Waals surface area contributed by atoms with E-state index in [1.54, 1.807) is 4.90 Å². The van der Waals surface area contributed by atoms with Crippen molar-refractivity contribution in [2.75, 3.05) is 0 Å². The number of allylic oxidation sites excluding steroid dienone is 2. The summed E-state index contributed by atoms with van der Waals surface area (Å²) < 4.78 is 0. The number of hydrogen-bond donors (Lipinski definition) is 0. The van der Waals surface area contributed by atoms with Crippen LogP contribution in [0.3, 0.4) is 0 Å². The molecule has 0 aromatic carbocycles. The highest BCUT2D eigenvalue weighted by Crippen LogP contribution is 2.41. The van der Waals surface area contributed by atoms with Gasteiger partial charge >= 0.3 is 0 Å². The Morgan fingerprint density at radius 2 is 1.89 bits per heavy atom. The first-order valence-electron chi connectivity index (χ1n) is 6.50. The standard InChI is InChI=1S/C14H23Cl2NO/c1-9(2)17(13(18)12(15)16)11-7-6-8-14(4,5)10(11)3/h9,12H,6-8H2,1-5H3. The Morgan fingerprint density at radius 3 is 2.33 bits per heavy atom. The van der Waals surface area contributed by atoms with Crippen LogP contribution in [0.15, 0.2) is 11.3 Å². The first kappa shape index (κ1) is 15.8. The summed E-state index contributed by atoms with van der Waals surface area (Å²) in [5.74, 6) is -0.208. The Labute approximate surface area is 120 Å². The summed E-state index contributed by atoms with van der Waals surface area (Å²) in [6.07, 6.45) is 3.19. The van der Waals surface area contributed by atoms with Gasteiger partial charge in [0.1, 0.15) is 0 Å². The fraction of sp³-hybridized carbons (Fsp3) is 0.786. The summed E-state index contributed by atoms with van der Waals surface area (Å²) in [4.78, 5) is 13.0. The van der Waals surface area contributed by atoms with Gasteiger partial charge in [0, 0.05) is 11.7 Å². The third-order valence-corrected chi connectivity index (χ3v) is 4.27. The Kier molecular flexibility index (Phi) is 5.13. The van der Waals surface area contributed by atoms with Crippen molar-refractivity contribution in [1.29, 1.82) is 0 Å². The van der Waals surface area contributed by atoms with Gasteiger partial charge < -0.3 is 4.90 Å². The maximum atomic E-state index is 12.2. The van der Waals surface area contributed by atoms with Gasteiger partial charge in [-0.05, 0) is 51.0 Å². The maximum Gasteiger partial charge on any atom is 0.260 e. The molecule has 0 atom stereocenters. The van der Waals surface area contributed by atoms with Gasteiger partial charge in [-0.3, -0.25) is 4.79 Å². The van der Waals surface area contributed by atoms with Gasteiger partial charge in [0.05, 0.1) is 0 Å². The Hall–Kier alpha value is -0.210. The van der Waals surface area contributed by atoms with E-state index in [2.05, 4.69) is 20.8 Å². The molecule has 0 N–H and O–H groups in total. The van der Waals surface area contributed by atoms with E-state index in [1.807, 2.05) is 13.8 Å². The topological polar surface area (TPSA) is 20.3 Å². The average Bonchev–Trinajstić information content (AvgIpc) is 2.23. The number of hydrogen-bond acceptors (Lipinski definition) is 1. The second-order valence-electron chi connectivity index (χ2n) is 5.91. The van der Waals surface area contributed by atoms with E-state index in [9.17, 15) is 4.79 Å². The first-order chi connectivity index (χ1) is 8.18. The lowest BCUT2D eigenvalue weighted by molar-refractivity contribution is -0.129. The van der Waals surface area contributed by atoms with Crippen molar-refractivity contribution in [3.8, 4) is 0 Å². The summed E-state index contributed by atoms with van der Waals surface area (Å²) in [6.45, 7) is 10.6. The minimum Gasteiger partial charge on any atom is -0.311 e. The lowest BCUT2D eigenvalue weighted by Gasteiger charge is -2.39. The molecule has 1 aliphatic rings. The third kappa shape index (κ3) is 3.21. The van der Waals surface area contributed by atoms with Gasteiger partial charge in [-0.15, -0.1) is 0 Å². The van der Waals surface area contributed by atoms with Crippen LogP contribution in [-0.2, 0) is 4.79 Å². The van der Waals surface area contributed by atoms with Crippen molar-refractivity contribution >= 4 is 29.1 Å². The first-order valence-corrected chi connectivity index (χ1v) is 7.37. The molecule has 0 aromatic rings. The molecule has 0 saturated heterocycles. The van der Waals surface area contributed by atoms with Gasteiger partial charge in [-0.25, -0.2) is 0 Å². The highest BCUT2D eigenvalue weighted by Gasteiger charge is 2.33. The highest BCUT2D eigenvalue weighted by molar-refractivity contribution is 6.53. The zero-order valence-corrected chi connectivity index (χ0v) is 13.4. The monoisotopic (exact) mass is 291 g/mol. The van der Waals surface area contributed by atoms with Crippen LogP contribution in [0.25, 0.3) is 0 Å². The summed E-state index contributed by atoms with van der Waals surface area (Å²) in [7, 11) is 0. The highest BCUT2D eigenvalue weighted by atomic mass is 35.5. The quantitative estimate of drug-likeness (QED) is 0.701. The molecule has 2 nitrogen and oxygen atoms in total. The largest absolute Gasteiger partial charge is 0.311 e. The predicted molar refractivity (Wildman–Crippen MR) is 77.8 cm³/mol. The van der Waals surface area contributed by atoms with Crippen LogP contribution in [0.5, 0.6) is 0 Å². The number of carbonyl (C=O) groups is 1. The number of rotatable bonds is 3. The minimum atomic E-state index is -0.988. The molecule has 0 spiro atoms. The minimum absolute atomic E-state index is 0.0800. The Bertz CT molecular complexity index is 359. The van der Waals surface area contributed by atoms with Gasteiger partial charge in [0.2, 0.25) is 0 Å². The predicted octanol–water partition coefficient (Wildman–Crippen LogP) is 4.51. The molecule has 0 saturated carbocycles. The average molecular weight is 292 g/mol. The van der Waals surface area contributed by atoms with Crippen LogP contribution >= 0.6 is 23.2 Å². The SMILES string of the molecule is CC1=C(N(C(=O)C(Cl)Cl)C(C)C)CCCC1(C)C. The molecule has 4 heteroatoms. The Morgan fingerprint density at radius 1 is 1.33 bits per heavy atom. The van der Waals surface area contributed by atoms with Crippen molar-refractivity contribution in [1.82, 2.24) is 4.90 Å². The summed E-state index contributed by atoms with van der Waals surface area (Å²) in [6, 6.07) is 0.0800. The number of nitrogens with zero attached hydrogens (tertiary/aromatic N) is 1. The summed E-state index contributed by atoms with van der Waals surface area (Å²) in [5, 5.41) is 0. The summed E-state index contributed by atoms with van der Waals surface area (Å²) in [5.41, 5.74) is 2.54. The molecule has 0 radical (unpaired) electrons. The van der Waals surface area contributed by atoms with Gasteiger partial charge in [0.15, 0.2) is 4.84 Å². The van der Waals surface area contributed by atoms with E-state index in [0.29, 0.717) is 0 Å². The van der Waals surface area contributed by atoms with E-state index in [0.717, 1.165) is 25.0 Å². The van der Waals surface area contributed by atoms with E-state index >= 15 is 0 Å². The van der Waals surface area contributed by atoms with Crippen LogP contribution in [-0.4, -0.2) is 21.7 Å². The Balaban J connectivity index is 3.18. The van der Waals surface area contributed by atoms with Gasteiger partial charge in [0.25, 0.3) is 5.91 Å². The van der Waals surface area contributed by atoms with E-state index < -0.39 is 4.84 Å². The van der Waals surface area contributed by atoms with E-state index in [-0.39, 0.29) is 17.4 Å². The molecule has 0 aromatic heterocycles. The molecule has 0 heterocycles. The molecule has 18 heavy (non-hydrogen) atoms. The normalized spacial score (nSPS) is 19.6. The number of halogens is 2. The van der Waals surface area contributed by atoms with Crippen molar-refractivity contribution in [3.63, 3.8) is 0 Å². The van der Waals surface area contributed by atoms with E-state index in [4.69, 9.17) is 23.2 Å². The lowest BCUT2D eigenvalue weighted by Crippen LogP contribution is -2.41. The maximum absolute atomic E-state index is 12.2. The van der Waals surface area contributed by atoms with Crippen LogP contribution in [0.2, 0.25) is 0 Å². The van der Waals surface area contributed by atoms with Crippen molar-refractivity contribution < 1.29 is 4.79 Å². The number of carbonyl (C=O) groups excluding carboxylic acids is 1. The zero-order valence-electron chi connectivity index (χ0n) is 11.9. The van der Waals surface area contributed by atoms with E-state index in [1.165, 1.54) is 5.57 Å². The molecular weight excluding hydrogens is 269 g/mol. The van der Waals surface area contributed by atoms with Crippen LogP contribution < -0.4 is 0 Å². The smallest absolute Gasteiger partial charge is 0.260 e. The molecule has 1 aliphatic carbocycles. The van der Waals surface area contributed by atoms with Crippen LogP contribution in [0.4, 0.5) is 0 Å². The molecule has 0 fully saturated rings. The fourth-order valence-electron chi connectivity index (χ4n) is 2.57. The molecular formula is C14H23Cl2NO. The molecule has 0 aliphatic heterocycles. The van der Waals surface area contributed by atoms with Crippen LogP contribution in [0, 0.1) is 5.41 Å².